The van der Waals surface area contributed by atoms with Crippen LogP contribution in [0.2, 0.25) is 0 Å². The third kappa shape index (κ3) is 5.61. The van der Waals surface area contributed by atoms with Gasteiger partial charge in [0.05, 0.1) is 42.5 Å². The third-order valence-corrected chi connectivity index (χ3v) is 5.12. The normalized spacial score (nSPS) is 10.3. The average Bonchev–Trinajstić information content (AvgIpc) is 2.82. The van der Waals surface area contributed by atoms with E-state index in [4.69, 9.17) is 4.74 Å². The largest absolute Gasteiger partial charge is 0.465 e. The van der Waals surface area contributed by atoms with Crippen molar-refractivity contribution in [1.82, 2.24) is 9.97 Å². The predicted octanol–water partition coefficient (Wildman–Crippen LogP) is 2.74. The lowest BCUT2D eigenvalue weighted by Crippen LogP contribution is -2.18. The van der Waals surface area contributed by atoms with Crippen molar-refractivity contribution in [3.63, 3.8) is 0 Å². The van der Waals surface area contributed by atoms with Crippen molar-refractivity contribution in [1.29, 1.82) is 0 Å². The number of benzene rings is 2. The molecule has 1 amide bonds. The first-order chi connectivity index (χ1) is 15.4. The lowest BCUT2D eigenvalue weighted by Gasteiger charge is -2.11. The van der Waals surface area contributed by atoms with Gasteiger partial charge in [0.15, 0.2) is 5.16 Å². The van der Waals surface area contributed by atoms with Crippen LogP contribution in [0.5, 0.6) is 0 Å². The van der Waals surface area contributed by atoms with Gasteiger partial charge in [-0.3, -0.25) is 9.59 Å². The van der Waals surface area contributed by atoms with E-state index in [2.05, 4.69) is 20.0 Å². The Hall–Kier alpha value is -3.92. The van der Waals surface area contributed by atoms with E-state index in [1.807, 2.05) is 30.3 Å². The molecule has 0 saturated heterocycles. The number of hydrogen-bond acceptors (Lipinski definition) is 8. The highest BCUT2D eigenvalue weighted by Crippen LogP contribution is 2.22. The number of H-pyrrole nitrogens is 1. The van der Waals surface area contributed by atoms with Gasteiger partial charge in [-0.1, -0.05) is 42.1 Å². The number of thioether (sulfide) groups is 1. The van der Waals surface area contributed by atoms with Crippen molar-refractivity contribution in [3.8, 4) is 11.3 Å². The van der Waals surface area contributed by atoms with Crippen LogP contribution in [0.4, 0.5) is 5.69 Å². The highest BCUT2D eigenvalue weighted by atomic mass is 32.2. The summed E-state index contributed by atoms with van der Waals surface area (Å²) in [7, 11) is 2.43. The van der Waals surface area contributed by atoms with Crippen molar-refractivity contribution in [2.75, 3.05) is 25.3 Å². The van der Waals surface area contributed by atoms with Gasteiger partial charge in [0.2, 0.25) is 5.91 Å². The number of nitrogens with one attached hydrogen (secondary N) is 2. The molecule has 1 aromatic heterocycles. The summed E-state index contributed by atoms with van der Waals surface area (Å²) in [5.41, 5.74) is 1.24. The van der Waals surface area contributed by atoms with E-state index in [9.17, 15) is 19.2 Å². The molecule has 0 atom stereocenters. The van der Waals surface area contributed by atoms with Crippen molar-refractivity contribution in [3.05, 3.63) is 76.1 Å². The predicted molar refractivity (Wildman–Crippen MR) is 119 cm³/mol. The fourth-order valence-electron chi connectivity index (χ4n) is 2.76. The number of anilines is 1. The van der Waals surface area contributed by atoms with E-state index < -0.39 is 17.8 Å². The number of amides is 1. The first kappa shape index (κ1) is 22.8. The molecule has 164 valence electrons. The van der Waals surface area contributed by atoms with Gasteiger partial charge in [-0.25, -0.2) is 14.6 Å². The van der Waals surface area contributed by atoms with Gasteiger partial charge < -0.3 is 19.8 Å². The van der Waals surface area contributed by atoms with Crippen LogP contribution in [0.3, 0.4) is 0 Å². The number of methoxy groups -OCH3 is 2. The number of hydrogen-bond donors (Lipinski definition) is 2. The molecule has 0 unspecified atom stereocenters. The van der Waals surface area contributed by atoms with Crippen LogP contribution in [-0.2, 0) is 14.3 Å². The maximum atomic E-state index is 12.5. The zero-order valence-electron chi connectivity index (χ0n) is 17.2. The summed E-state index contributed by atoms with van der Waals surface area (Å²) < 4.78 is 9.39. The molecule has 9 nitrogen and oxygen atoms in total. The van der Waals surface area contributed by atoms with E-state index >= 15 is 0 Å². The summed E-state index contributed by atoms with van der Waals surface area (Å²) in [5.74, 6) is -1.88. The number of aromatic amines is 1. The summed E-state index contributed by atoms with van der Waals surface area (Å²) in [6.07, 6.45) is 0. The highest BCUT2D eigenvalue weighted by molar-refractivity contribution is 7.99. The Morgan fingerprint density at radius 3 is 2.41 bits per heavy atom. The monoisotopic (exact) mass is 453 g/mol. The van der Waals surface area contributed by atoms with E-state index in [0.717, 1.165) is 17.3 Å². The van der Waals surface area contributed by atoms with Crippen molar-refractivity contribution in [2.24, 2.45) is 0 Å². The fraction of sp³-hybridized carbons (Fsp3) is 0.136. The molecule has 3 rings (SSSR count). The third-order valence-electron chi connectivity index (χ3n) is 4.25. The molecule has 0 aliphatic rings. The number of esters is 2. The fourth-order valence-corrected chi connectivity index (χ4v) is 3.44. The molecule has 0 radical (unpaired) electrons. The van der Waals surface area contributed by atoms with Crippen LogP contribution in [0, 0.1) is 0 Å². The molecular formula is C22H19N3O6S. The maximum absolute atomic E-state index is 12.5. The summed E-state index contributed by atoms with van der Waals surface area (Å²) in [5, 5.41) is 2.85. The second-order valence-electron chi connectivity index (χ2n) is 6.38. The van der Waals surface area contributed by atoms with E-state index in [1.54, 1.807) is 0 Å². The molecule has 0 aliphatic carbocycles. The molecule has 0 bridgehead atoms. The van der Waals surface area contributed by atoms with Gasteiger partial charge >= 0.3 is 11.9 Å². The average molecular weight is 453 g/mol. The minimum absolute atomic E-state index is 0.0797. The lowest BCUT2D eigenvalue weighted by molar-refractivity contribution is -0.113. The summed E-state index contributed by atoms with van der Waals surface area (Å²) in [6.45, 7) is 0. The van der Waals surface area contributed by atoms with Crippen LogP contribution in [-0.4, -0.2) is 47.8 Å². The second-order valence-corrected chi connectivity index (χ2v) is 7.35. The topological polar surface area (TPSA) is 127 Å². The molecule has 1 heterocycles. The zero-order chi connectivity index (χ0) is 23.1. The van der Waals surface area contributed by atoms with Crippen LogP contribution in [0.1, 0.15) is 20.7 Å². The van der Waals surface area contributed by atoms with Gasteiger partial charge in [-0.15, -0.1) is 0 Å². The molecule has 0 spiro atoms. The van der Waals surface area contributed by atoms with Crippen molar-refractivity contribution >= 4 is 35.3 Å². The van der Waals surface area contributed by atoms with Gasteiger partial charge in [0.1, 0.15) is 0 Å². The first-order valence-electron chi connectivity index (χ1n) is 9.31. The van der Waals surface area contributed by atoms with Gasteiger partial charge in [0.25, 0.3) is 5.56 Å². The van der Waals surface area contributed by atoms with Crippen LogP contribution in [0.25, 0.3) is 11.3 Å². The summed E-state index contributed by atoms with van der Waals surface area (Å²) in [4.78, 5) is 55.3. The van der Waals surface area contributed by atoms with Crippen LogP contribution >= 0.6 is 11.8 Å². The number of rotatable bonds is 7. The number of carbonyl (C=O) groups is 3. The molecule has 0 fully saturated rings. The summed E-state index contributed by atoms with van der Waals surface area (Å²) in [6, 6.07) is 14.6. The van der Waals surface area contributed by atoms with Crippen LogP contribution in [0.15, 0.2) is 64.5 Å². The van der Waals surface area contributed by atoms with Crippen molar-refractivity contribution in [2.45, 2.75) is 5.16 Å². The molecular weight excluding hydrogens is 434 g/mol. The van der Waals surface area contributed by atoms with E-state index in [1.165, 1.54) is 38.5 Å². The van der Waals surface area contributed by atoms with Gasteiger partial charge in [-0.2, -0.15) is 0 Å². The first-order valence-corrected chi connectivity index (χ1v) is 10.3. The Morgan fingerprint density at radius 2 is 1.72 bits per heavy atom. The molecule has 32 heavy (non-hydrogen) atoms. The molecule has 0 saturated carbocycles. The Balaban J connectivity index is 1.76. The second kappa shape index (κ2) is 10.4. The van der Waals surface area contributed by atoms with Gasteiger partial charge in [0, 0.05) is 11.6 Å². The quantitative estimate of drug-likeness (QED) is 0.318. The SMILES string of the molecule is COC(=O)c1ccc(C(=O)OC)c(NC(=O)CSc2nc(-c3ccccc3)cc(=O)[nH]2)c1. The zero-order valence-corrected chi connectivity index (χ0v) is 18.0. The lowest BCUT2D eigenvalue weighted by atomic mass is 10.1. The Kier molecular flexibility index (Phi) is 7.40. The molecule has 10 heteroatoms. The number of carbonyl (C=O) groups excluding carboxylic acids is 3. The Morgan fingerprint density at radius 1 is 1.00 bits per heavy atom. The van der Waals surface area contributed by atoms with Crippen molar-refractivity contribution < 1.29 is 23.9 Å². The standard InChI is InChI=1S/C22H19N3O6S/c1-30-20(28)14-8-9-15(21(29)31-2)17(10-14)23-19(27)12-32-22-24-16(11-18(26)25-22)13-6-4-3-5-7-13/h3-11H,12H2,1-2H3,(H,23,27)(H,24,25,26). The smallest absolute Gasteiger partial charge is 0.339 e. The number of ether oxygens (including phenoxy) is 2. The number of aromatic nitrogens is 2. The minimum atomic E-state index is -0.675. The van der Waals surface area contributed by atoms with Crippen LogP contribution < -0.4 is 10.9 Å². The van der Waals surface area contributed by atoms with E-state index in [0.29, 0.717) is 5.69 Å². The van der Waals surface area contributed by atoms with E-state index in [-0.39, 0.29) is 33.3 Å². The maximum Gasteiger partial charge on any atom is 0.339 e. The van der Waals surface area contributed by atoms with Gasteiger partial charge in [-0.05, 0) is 18.2 Å². The molecule has 2 aromatic carbocycles. The summed E-state index contributed by atoms with van der Waals surface area (Å²) >= 11 is 1.02. The Labute approximate surface area is 187 Å². The number of nitrogens with zero attached hydrogens (tertiary/aromatic N) is 1. The Bertz CT molecular complexity index is 1210. The molecule has 2 N–H and O–H groups in total. The molecule has 0 aliphatic heterocycles. The minimum Gasteiger partial charge on any atom is -0.465 e. The molecule has 3 aromatic rings. The highest BCUT2D eigenvalue weighted by Gasteiger charge is 2.18.